The number of hydrogen-bond donors (Lipinski definition) is 2. The number of benzene rings is 1. The van der Waals surface area contributed by atoms with Crippen LogP contribution in [0.2, 0.25) is 0 Å². The van der Waals surface area contributed by atoms with E-state index in [9.17, 15) is 4.79 Å². The van der Waals surface area contributed by atoms with Gasteiger partial charge < -0.3 is 10.8 Å². The summed E-state index contributed by atoms with van der Waals surface area (Å²) >= 11 is 0. The largest absolute Gasteiger partial charge is 0.392 e. The van der Waals surface area contributed by atoms with Crippen LogP contribution in [-0.4, -0.2) is 11.0 Å². The molecule has 0 bridgehead atoms. The van der Waals surface area contributed by atoms with Gasteiger partial charge in [-0.3, -0.25) is 4.79 Å². The molecule has 0 aliphatic carbocycles. The van der Waals surface area contributed by atoms with E-state index in [-0.39, 0.29) is 6.61 Å². The van der Waals surface area contributed by atoms with Gasteiger partial charge in [0.2, 0.25) is 5.91 Å². The molecular formula is C10H11NO2. The van der Waals surface area contributed by atoms with Gasteiger partial charge in [0.05, 0.1) is 6.61 Å². The molecule has 13 heavy (non-hydrogen) atoms. The number of carbonyl (C=O) groups excluding carboxylic acids is 1. The van der Waals surface area contributed by atoms with E-state index in [0.29, 0.717) is 0 Å². The number of aliphatic hydroxyl groups is 1. The maximum Gasteiger partial charge on any atom is 0.241 e. The van der Waals surface area contributed by atoms with Gasteiger partial charge in [-0.2, -0.15) is 0 Å². The molecule has 1 aromatic carbocycles. The fourth-order valence-corrected chi connectivity index (χ4v) is 0.913. The van der Waals surface area contributed by atoms with E-state index >= 15 is 0 Å². The Morgan fingerprint density at radius 3 is 2.46 bits per heavy atom. The molecule has 0 spiro atoms. The summed E-state index contributed by atoms with van der Waals surface area (Å²) in [6.07, 6.45) is 2.93. The monoisotopic (exact) mass is 177 g/mol. The Morgan fingerprint density at radius 1 is 1.38 bits per heavy atom. The Bertz CT molecular complexity index is 314. The second-order valence-corrected chi connectivity index (χ2v) is 2.64. The molecule has 0 saturated carbocycles. The van der Waals surface area contributed by atoms with Crippen LogP contribution in [0.5, 0.6) is 0 Å². The van der Waals surface area contributed by atoms with Crippen molar-refractivity contribution < 1.29 is 9.90 Å². The van der Waals surface area contributed by atoms with Gasteiger partial charge >= 0.3 is 0 Å². The molecule has 3 nitrogen and oxygen atoms in total. The van der Waals surface area contributed by atoms with Gasteiger partial charge in [-0.25, -0.2) is 0 Å². The number of primary amides is 1. The van der Waals surface area contributed by atoms with Crippen molar-refractivity contribution in [3.8, 4) is 0 Å². The van der Waals surface area contributed by atoms with Gasteiger partial charge in [0.25, 0.3) is 0 Å². The van der Waals surface area contributed by atoms with Crippen molar-refractivity contribution in [1.29, 1.82) is 0 Å². The zero-order chi connectivity index (χ0) is 9.68. The molecule has 0 aliphatic rings. The van der Waals surface area contributed by atoms with Crippen molar-refractivity contribution >= 4 is 12.0 Å². The van der Waals surface area contributed by atoms with Gasteiger partial charge in [0.15, 0.2) is 0 Å². The number of rotatable bonds is 3. The summed E-state index contributed by atoms with van der Waals surface area (Å²) in [5, 5.41) is 8.75. The lowest BCUT2D eigenvalue weighted by atomic mass is 10.1. The maximum absolute atomic E-state index is 10.4. The van der Waals surface area contributed by atoms with Crippen molar-refractivity contribution in [2.24, 2.45) is 5.73 Å². The first-order chi connectivity index (χ1) is 6.22. The topological polar surface area (TPSA) is 63.3 Å². The second-order valence-electron chi connectivity index (χ2n) is 2.64. The summed E-state index contributed by atoms with van der Waals surface area (Å²) in [6, 6.07) is 7.21. The lowest BCUT2D eigenvalue weighted by Crippen LogP contribution is -2.05. The normalized spacial score (nSPS) is 10.5. The highest BCUT2D eigenvalue weighted by molar-refractivity contribution is 5.90. The van der Waals surface area contributed by atoms with Crippen molar-refractivity contribution in [2.45, 2.75) is 6.61 Å². The molecule has 3 N–H and O–H groups in total. The highest BCUT2D eigenvalue weighted by Crippen LogP contribution is 2.05. The number of aliphatic hydroxyl groups excluding tert-OH is 1. The Labute approximate surface area is 76.5 Å². The quantitative estimate of drug-likeness (QED) is 0.667. The third-order valence-electron chi connectivity index (χ3n) is 1.60. The van der Waals surface area contributed by atoms with Gasteiger partial charge in [0, 0.05) is 6.08 Å². The molecule has 0 radical (unpaired) electrons. The second kappa shape index (κ2) is 4.42. The van der Waals surface area contributed by atoms with Crippen LogP contribution in [0.3, 0.4) is 0 Å². The minimum Gasteiger partial charge on any atom is -0.392 e. The molecule has 68 valence electrons. The molecule has 0 atom stereocenters. The highest BCUT2D eigenvalue weighted by atomic mass is 16.3. The van der Waals surface area contributed by atoms with Crippen LogP contribution >= 0.6 is 0 Å². The lowest BCUT2D eigenvalue weighted by Gasteiger charge is -1.95. The average molecular weight is 177 g/mol. The molecule has 0 saturated heterocycles. The van der Waals surface area contributed by atoms with E-state index in [2.05, 4.69) is 0 Å². The molecule has 1 aromatic rings. The molecule has 0 aromatic heterocycles. The zero-order valence-electron chi connectivity index (χ0n) is 7.10. The fraction of sp³-hybridized carbons (Fsp3) is 0.100. The van der Waals surface area contributed by atoms with Gasteiger partial charge in [0.1, 0.15) is 0 Å². The summed E-state index contributed by atoms with van der Waals surface area (Å²) in [4.78, 5) is 10.4. The summed E-state index contributed by atoms with van der Waals surface area (Å²) in [5.74, 6) is -0.466. The molecule has 0 heterocycles. The van der Waals surface area contributed by atoms with Crippen LogP contribution in [0.15, 0.2) is 30.3 Å². The molecule has 0 unspecified atom stereocenters. The van der Waals surface area contributed by atoms with Crippen LogP contribution in [0.4, 0.5) is 0 Å². The standard InChI is InChI=1S/C10H11NO2/c11-10(13)6-5-8-1-3-9(7-12)4-2-8/h1-6,12H,7H2,(H2,11,13)/b6-5+. The smallest absolute Gasteiger partial charge is 0.241 e. The number of hydrogen-bond acceptors (Lipinski definition) is 2. The van der Waals surface area contributed by atoms with Crippen molar-refractivity contribution in [2.75, 3.05) is 0 Å². The summed E-state index contributed by atoms with van der Waals surface area (Å²) in [6.45, 7) is 0.0276. The predicted molar refractivity (Wildman–Crippen MR) is 50.6 cm³/mol. The molecule has 0 aliphatic heterocycles. The average Bonchev–Trinajstić information content (AvgIpc) is 2.15. The van der Waals surface area contributed by atoms with E-state index in [1.807, 2.05) is 12.1 Å². The molecular weight excluding hydrogens is 166 g/mol. The first kappa shape index (κ1) is 9.48. The number of amides is 1. The van der Waals surface area contributed by atoms with Crippen molar-refractivity contribution in [3.05, 3.63) is 41.5 Å². The van der Waals surface area contributed by atoms with Crippen LogP contribution < -0.4 is 5.73 Å². The Kier molecular flexibility index (Phi) is 3.23. The van der Waals surface area contributed by atoms with Crippen LogP contribution in [0.25, 0.3) is 6.08 Å². The summed E-state index contributed by atoms with van der Waals surface area (Å²) < 4.78 is 0. The first-order valence-corrected chi connectivity index (χ1v) is 3.89. The first-order valence-electron chi connectivity index (χ1n) is 3.89. The molecule has 3 heteroatoms. The highest BCUT2D eigenvalue weighted by Gasteiger charge is 1.90. The molecule has 1 rings (SSSR count). The maximum atomic E-state index is 10.4. The SMILES string of the molecule is NC(=O)/C=C/c1ccc(CO)cc1. The third kappa shape index (κ3) is 3.09. The van der Waals surface area contributed by atoms with Crippen LogP contribution in [0.1, 0.15) is 11.1 Å². The minimum atomic E-state index is -0.466. The van der Waals surface area contributed by atoms with E-state index in [1.54, 1.807) is 18.2 Å². The number of carbonyl (C=O) groups is 1. The molecule has 1 amide bonds. The minimum absolute atomic E-state index is 0.0276. The van der Waals surface area contributed by atoms with Crippen molar-refractivity contribution in [3.63, 3.8) is 0 Å². The Morgan fingerprint density at radius 2 is 2.00 bits per heavy atom. The van der Waals surface area contributed by atoms with Gasteiger partial charge in [-0.15, -0.1) is 0 Å². The third-order valence-corrected chi connectivity index (χ3v) is 1.60. The predicted octanol–water partition coefficient (Wildman–Crippen LogP) is 0.677. The molecule has 0 fully saturated rings. The van der Waals surface area contributed by atoms with Crippen LogP contribution in [0, 0.1) is 0 Å². The fourth-order valence-electron chi connectivity index (χ4n) is 0.913. The number of nitrogens with two attached hydrogens (primary N) is 1. The van der Waals surface area contributed by atoms with Crippen molar-refractivity contribution in [1.82, 2.24) is 0 Å². The van der Waals surface area contributed by atoms with Crippen LogP contribution in [-0.2, 0) is 11.4 Å². The van der Waals surface area contributed by atoms with E-state index in [0.717, 1.165) is 11.1 Å². The zero-order valence-corrected chi connectivity index (χ0v) is 7.10. The van der Waals surface area contributed by atoms with E-state index < -0.39 is 5.91 Å². The van der Waals surface area contributed by atoms with E-state index in [1.165, 1.54) is 6.08 Å². The summed E-state index contributed by atoms with van der Waals surface area (Å²) in [7, 11) is 0. The lowest BCUT2D eigenvalue weighted by molar-refractivity contribution is -0.113. The Hall–Kier alpha value is -1.61. The van der Waals surface area contributed by atoms with E-state index in [4.69, 9.17) is 10.8 Å². The van der Waals surface area contributed by atoms with Gasteiger partial charge in [-0.05, 0) is 17.2 Å². The summed E-state index contributed by atoms with van der Waals surface area (Å²) in [5.41, 5.74) is 6.66. The Balaban J connectivity index is 2.75. The van der Waals surface area contributed by atoms with Gasteiger partial charge in [-0.1, -0.05) is 24.3 Å².